The van der Waals surface area contributed by atoms with E-state index in [-0.39, 0.29) is 15.9 Å². The molecule has 11 heavy (non-hydrogen) atoms. The number of carbonyl (C=O) groups is 1. The van der Waals surface area contributed by atoms with Gasteiger partial charge in [0, 0.05) is 9.81 Å². The van der Waals surface area contributed by atoms with E-state index < -0.39 is 12.8 Å². The van der Waals surface area contributed by atoms with E-state index in [2.05, 4.69) is 26.0 Å². The number of aromatic nitrogens is 1. The van der Waals surface area contributed by atoms with Crippen molar-refractivity contribution >= 4 is 21.9 Å². The lowest BCUT2D eigenvalue weighted by Crippen LogP contribution is -2.02. The fraction of sp³-hybridized carbons (Fsp3) is 0.143. The summed E-state index contributed by atoms with van der Waals surface area (Å²) in [6.45, 7) is -2.39. The summed E-state index contributed by atoms with van der Waals surface area (Å²) in [5.41, 5.74) is -0.440. The molecule has 0 amide bonds. The molecule has 0 radical (unpaired) electrons. The molecule has 0 unspecified atom stereocenters. The average molecular weight is 220 g/mol. The van der Waals surface area contributed by atoms with Crippen LogP contribution < -0.4 is 0 Å². The zero-order valence-electron chi connectivity index (χ0n) is 9.30. The van der Waals surface area contributed by atoms with Gasteiger partial charge in [-0.2, -0.15) is 0 Å². The molecule has 58 valence electrons. The van der Waals surface area contributed by atoms with Gasteiger partial charge in [-0.1, -0.05) is 0 Å². The molecule has 0 saturated carbocycles. The third-order valence-corrected chi connectivity index (χ3v) is 1.68. The summed E-state index contributed by atoms with van der Waals surface area (Å²) in [7, 11) is 0. The third kappa shape index (κ3) is 1.77. The van der Waals surface area contributed by atoms with Gasteiger partial charge < -0.3 is 5.11 Å². The van der Waals surface area contributed by atoms with Crippen molar-refractivity contribution in [1.82, 2.24) is 4.98 Å². The smallest absolute Gasteiger partial charge is 0.355 e. The SMILES string of the molecule is [2H]OC(=O)c1nc(C([2H])([2H])[2H])ccc1Br. The number of pyridine rings is 1. The fourth-order valence-electron chi connectivity index (χ4n) is 0.585. The minimum absolute atomic E-state index is 0.217. The van der Waals surface area contributed by atoms with Crippen LogP contribution in [0.1, 0.15) is 20.3 Å². The number of carboxylic acids is 1. The quantitative estimate of drug-likeness (QED) is 0.785. The highest BCUT2D eigenvalue weighted by Crippen LogP contribution is 2.14. The number of rotatable bonds is 1. The van der Waals surface area contributed by atoms with E-state index in [0.29, 0.717) is 0 Å². The highest BCUT2D eigenvalue weighted by Gasteiger charge is 2.08. The van der Waals surface area contributed by atoms with Gasteiger partial charge >= 0.3 is 5.97 Å². The van der Waals surface area contributed by atoms with Crippen molar-refractivity contribution in [2.24, 2.45) is 0 Å². The lowest BCUT2D eigenvalue weighted by Gasteiger charge is -1.97. The number of hydrogen-bond acceptors (Lipinski definition) is 3. The number of aromatic carboxylic acids is 1. The number of nitrogens with zero attached hydrogens (tertiary/aromatic N) is 1. The Balaban J connectivity index is 3.23. The van der Waals surface area contributed by atoms with Gasteiger partial charge in [0.15, 0.2) is 5.69 Å². The van der Waals surface area contributed by atoms with Crippen molar-refractivity contribution in [3.63, 3.8) is 0 Å². The van der Waals surface area contributed by atoms with Crippen molar-refractivity contribution in [3.05, 3.63) is 28.0 Å². The second kappa shape index (κ2) is 3.00. The minimum Gasteiger partial charge on any atom is -0.476 e. The van der Waals surface area contributed by atoms with Crippen LogP contribution in [-0.4, -0.2) is 16.1 Å². The monoisotopic (exact) mass is 219 g/mol. The largest absolute Gasteiger partial charge is 0.476 e. The van der Waals surface area contributed by atoms with Gasteiger partial charge in [-0.05, 0) is 34.9 Å². The Kier molecular flexibility index (Phi) is 1.15. The number of halogens is 1. The zero-order valence-corrected chi connectivity index (χ0v) is 6.88. The standard InChI is InChI=1S/C7H6BrNO2/c1-4-2-3-5(8)6(9-4)7(10)11/h2-3H,1H3,(H,10,11)/i1D3/hD. The second-order valence-corrected chi connectivity index (χ2v) is 2.67. The summed E-state index contributed by atoms with van der Waals surface area (Å²) in [5, 5.41) is 3.72. The van der Waals surface area contributed by atoms with Crippen LogP contribution in [-0.2, 0) is 0 Å². The van der Waals surface area contributed by atoms with Crippen LogP contribution in [0.2, 0.25) is 0 Å². The average Bonchev–Trinajstić information content (AvgIpc) is 2.15. The highest BCUT2D eigenvalue weighted by molar-refractivity contribution is 9.10. The molecule has 0 fully saturated rings. The maximum atomic E-state index is 11.0. The lowest BCUT2D eigenvalue weighted by molar-refractivity contribution is 0.0689. The Bertz CT molecular complexity index is 393. The van der Waals surface area contributed by atoms with Crippen molar-refractivity contribution in [1.29, 1.82) is 1.43 Å². The minimum atomic E-state index is -2.39. The first-order valence-electron chi connectivity index (χ1n) is 4.61. The molecule has 0 aliphatic rings. The summed E-state index contributed by atoms with van der Waals surface area (Å²) in [6.07, 6.45) is 0. The summed E-state index contributed by atoms with van der Waals surface area (Å²) in [6, 6.07) is 2.65. The first-order chi connectivity index (χ1) is 6.86. The van der Waals surface area contributed by atoms with Crippen LogP contribution >= 0.6 is 15.9 Å². The van der Waals surface area contributed by atoms with E-state index in [1.807, 2.05) is 0 Å². The molecule has 3 nitrogen and oxygen atoms in total. The molecule has 0 atom stereocenters. The first kappa shape index (κ1) is 4.21. The predicted octanol–water partition coefficient (Wildman–Crippen LogP) is 1.85. The summed E-state index contributed by atoms with van der Waals surface area (Å²) in [4.78, 5) is 14.6. The maximum absolute atomic E-state index is 11.0. The van der Waals surface area contributed by atoms with Gasteiger partial charge in [-0.3, -0.25) is 0 Å². The first-order valence-corrected chi connectivity index (χ1v) is 3.50. The molecule has 0 aliphatic heterocycles. The Morgan fingerprint density at radius 3 is 3.36 bits per heavy atom. The van der Waals surface area contributed by atoms with E-state index in [0.717, 1.165) is 0 Å². The van der Waals surface area contributed by atoms with Crippen LogP contribution in [0.4, 0.5) is 0 Å². The molecule has 1 N–H and O–H groups in total. The lowest BCUT2D eigenvalue weighted by atomic mass is 10.3. The van der Waals surface area contributed by atoms with Crippen LogP contribution in [0.5, 0.6) is 0 Å². The van der Waals surface area contributed by atoms with E-state index in [9.17, 15) is 4.79 Å². The van der Waals surface area contributed by atoms with Crippen molar-refractivity contribution in [3.8, 4) is 0 Å². The molecule has 1 aromatic rings. The van der Waals surface area contributed by atoms with Gasteiger partial charge in [0.2, 0.25) is 0 Å². The van der Waals surface area contributed by atoms with Crippen molar-refractivity contribution in [2.45, 2.75) is 6.85 Å². The van der Waals surface area contributed by atoms with Gasteiger partial charge in [0.1, 0.15) is 0 Å². The molecule has 1 rings (SSSR count). The Labute approximate surface area is 77.9 Å². The highest BCUT2D eigenvalue weighted by atomic mass is 79.9. The molecule has 4 heteroatoms. The molecule has 0 aliphatic carbocycles. The topological polar surface area (TPSA) is 50.2 Å². The van der Waals surface area contributed by atoms with Gasteiger partial charge in [-0.25, -0.2) is 9.78 Å². The van der Waals surface area contributed by atoms with Crippen LogP contribution in [0.15, 0.2) is 16.6 Å². The molecular formula is C7H6BrNO2. The molecule has 0 spiro atoms. The van der Waals surface area contributed by atoms with E-state index in [1.165, 1.54) is 12.1 Å². The fourth-order valence-corrected chi connectivity index (χ4v) is 0.968. The number of carboxylic acid groups (broad SMARTS) is 1. The molecular weight excluding hydrogens is 210 g/mol. The van der Waals surface area contributed by atoms with Crippen LogP contribution in [0, 0.1) is 6.85 Å². The van der Waals surface area contributed by atoms with Crippen LogP contribution in [0.25, 0.3) is 1.43 Å². The third-order valence-electron chi connectivity index (χ3n) is 1.04. The Morgan fingerprint density at radius 1 is 1.91 bits per heavy atom. The predicted molar refractivity (Wildman–Crippen MR) is 43.6 cm³/mol. The van der Waals surface area contributed by atoms with Gasteiger partial charge in [-0.15, -0.1) is 0 Å². The number of aryl methyl sites for hydroxylation is 1. The van der Waals surface area contributed by atoms with Gasteiger partial charge in [0.05, 0.1) is 4.47 Å². The van der Waals surface area contributed by atoms with Crippen molar-refractivity contribution < 1.29 is 14.0 Å². The molecule has 0 bridgehead atoms. The zero-order chi connectivity index (χ0) is 11.6. The Morgan fingerprint density at radius 2 is 2.73 bits per heavy atom. The second-order valence-electron chi connectivity index (χ2n) is 1.81. The van der Waals surface area contributed by atoms with E-state index >= 15 is 0 Å². The van der Waals surface area contributed by atoms with E-state index in [4.69, 9.17) is 5.54 Å². The van der Waals surface area contributed by atoms with E-state index in [1.54, 1.807) is 0 Å². The van der Waals surface area contributed by atoms with Crippen molar-refractivity contribution in [2.75, 3.05) is 0 Å². The summed E-state index contributed by atoms with van der Waals surface area (Å²) in [5.74, 6) is -1.01. The van der Waals surface area contributed by atoms with Gasteiger partial charge in [0.25, 0.3) is 1.43 Å². The Hall–Kier alpha value is -0.900. The summed E-state index contributed by atoms with van der Waals surface area (Å²) < 4.78 is 28.0. The summed E-state index contributed by atoms with van der Waals surface area (Å²) >= 11 is 3.01. The molecule has 0 saturated heterocycles. The van der Waals surface area contributed by atoms with Crippen LogP contribution in [0.3, 0.4) is 0 Å². The normalized spacial score (nSPS) is 15.7. The number of hydrogen-bond donors (Lipinski definition) is 1. The molecule has 0 aromatic carbocycles. The molecule has 1 heterocycles. The maximum Gasteiger partial charge on any atom is 0.355 e. The molecule has 1 aromatic heterocycles.